The van der Waals surface area contributed by atoms with Crippen molar-refractivity contribution in [2.45, 2.75) is 140 Å². The number of sulfonamides is 2. The zero-order chi connectivity index (χ0) is 80.4. The largest absolute Gasteiger partial charge is 0.391 e. The molecule has 6 aromatic carbocycles. The number of nitrogens with one attached hydrogen (secondary N) is 4. The van der Waals surface area contributed by atoms with Gasteiger partial charge in [0.2, 0.25) is 0 Å². The van der Waals surface area contributed by atoms with Gasteiger partial charge < -0.3 is 36.2 Å². The number of anilines is 2. The van der Waals surface area contributed by atoms with Gasteiger partial charge in [-0.2, -0.15) is 0 Å². The monoisotopic (exact) mass is 1540 g/mol. The number of aliphatic hydroxyl groups is 1. The van der Waals surface area contributed by atoms with Crippen molar-refractivity contribution in [3.05, 3.63) is 311 Å². The van der Waals surface area contributed by atoms with Gasteiger partial charge in [-0.05, 0) is 258 Å². The molecule has 2 aliphatic heterocycles. The van der Waals surface area contributed by atoms with E-state index in [0.29, 0.717) is 29.1 Å². The van der Waals surface area contributed by atoms with Crippen LogP contribution in [0.1, 0.15) is 145 Å². The van der Waals surface area contributed by atoms with E-state index in [2.05, 4.69) is 138 Å². The Balaban J connectivity index is 0.000000196. The third kappa shape index (κ3) is 32.2. The molecule has 2 aliphatic rings. The smallest absolute Gasteiger partial charge is 0.333 e. The Morgan fingerprint density at radius 3 is 1.23 bits per heavy atom. The lowest BCUT2D eigenvalue weighted by molar-refractivity contribution is 0.0663. The van der Waals surface area contributed by atoms with Gasteiger partial charge in [0.25, 0.3) is 26.0 Å². The minimum absolute atomic E-state index is 0.0326. The Morgan fingerprint density at radius 2 is 0.847 bits per heavy atom. The van der Waals surface area contributed by atoms with Crippen LogP contribution in [-0.4, -0.2) is 132 Å². The Morgan fingerprint density at radius 1 is 0.477 bits per heavy atom. The molecule has 7 N–H and O–H groups in total. The van der Waals surface area contributed by atoms with Crippen LogP contribution >= 0.6 is 0 Å². The van der Waals surface area contributed by atoms with E-state index in [-0.39, 0.29) is 21.7 Å². The first-order valence-corrected chi connectivity index (χ1v) is 40.4. The summed E-state index contributed by atoms with van der Waals surface area (Å²) in [6, 6.07) is 61.5. The molecule has 111 heavy (non-hydrogen) atoms. The van der Waals surface area contributed by atoms with Crippen molar-refractivity contribution in [2.75, 3.05) is 56.9 Å². The van der Waals surface area contributed by atoms with Crippen LogP contribution in [0, 0.1) is 19.8 Å². The first-order valence-electron chi connectivity index (χ1n) is 37.4. The number of nitrogens with zero attached hydrogens (tertiary/aromatic N) is 7. The number of urea groups is 3. The van der Waals surface area contributed by atoms with Crippen molar-refractivity contribution in [3.8, 4) is 0 Å². The highest BCUT2D eigenvalue weighted by molar-refractivity contribution is 7.90. The fraction of sp³-hybridized carbons (Fsp3) is 0.318. The van der Waals surface area contributed by atoms with Crippen LogP contribution in [0.2, 0.25) is 0 Å². The molecule has 0 aliphatic carbocycles. The number of benzene rings is 6. The molecule has 586 valence electrons. The van der Waals surface area contributed by atoms with E-state index < -0.39 is 37.7 Å². The van der Waals surface area contributed by atoms with Crippen molar-refractivity contribution in [2.24, 2.45) is 11.7 Å². The molecule has 4 aromatic heterocycles. The zero-order valence-corrected chi connectivity index (χ0v) is 67.0. The Hall–Kier alpha value is -11.0. The van der Waals surface area contributed by atoms with E-state index in [0.717, 1.165) is 118 Å². The number of primary amides is 1. The van der Waals surface area contributed by atoms with Gasteiger partial charge in [0.15, 0.2) is 0 Å². The fourth-order valence-corrected chi connectivity index (χ4v) is 13.5. The highest BCUT2D eigenvalue weighted by Crippen LogP contribution is 2.25. The van der Waals surface area contributed by atoms with E-state index in [1.165, 1.54) is 57.6 Å². The number of carbonyl (C=O) groups is 4. The van der Waals surface area contributed by atoms with E-state index >= 15 is 0 Å². The van der Waals surface area contributed by atoms with Gasteiger partial charge >= 0.3 is 18.1 Å². The lowest BCUT2D eigenvalue weighted by Crippen LogP contribution is -2.47. The molecule has 2 saturated heterocycles. The molecule has 6 heterocycles. The summed E-state index contributed by atoms with van der Waals surface area (Å²) in [5.41, 5.74) is 18.6. The van der Waals surface area contributed by atoms with Crippen LogP contribution in [0.5, 0.6) is 0 Å². The third-order valence-corrected chi connectivity index (χ3v) is 21.0. The van der Waals surface area contributed by atoms with Crippen LogP contribution in [-0.2, 0) is 52.2 Å². The number of piperidine rings is 1. The summed E-state index contributed by atoms with van der Waals surface area (Å²) >= 11 is 0. The number of piperazine rings is 1. The topological polar surface area (TPSA) is 292 Å². The molecule has 21 nitrogen and oxygen atoms in total. The molecule has 2 fully saturated rings. The normalized spacial score (nSPS) is 13.7. The quantitative estimate of drug-likeness (QED) is 0.0439. The van der Waals surface area contributed by atoms with Gasteiger partial charge in [0, 0.05) is 105 Å². The molecule has 0 saturated carbocycles. The van der Waals surface area contributed by atoms with Gasteiger partial charge in [-0.1, -0.05) is 136 Å². The van der Waals surface area contributed by atoms with Gasteiger partial charge in [-0.25, -0.2) is 40.7 Å². The average Bonchev–Trinajstić information content (AvgIpc) is 0.850. The Labute approximate surface area is 656 Å². The molecule has 3 atom stereocenters. The second-order valence-electron chi connectivity index (χ2n) is 29.1. The standard InChI is InChI=1S/2C21H21N3O3S.C20H25N3O.C15H17N.C7H14N2O.C4H10O/c1-16-7-11-18(22-15-16)12-8-17-9-13-19(14-10-17)23-21(25)24-28(26,27)20-5-3-2-4-6-20;1-16(15-17-11-13-22-14-12-17)18-7-9-19(10-8-18)23-21(25)24-28(26,27)20-5-3-2-4-6-20;1-16(15-17-7-9-21-10-8-17)18-3-5-19(6-4-18)20(24)23-13-11-22(2)12-14-23;1-12-3-5-15(6-4-12)13(2)11-14-7-9-16-10-8-14;1-6-2-4-9(5-3-6)7(8)10;1-4(2,3)5/h2-7,9-11,13-15H,8,12H2,1H3,(H2,23,24,25);2-14,16H,15H2,1H3,(H2,23,24,25);3-10,16H,11-15H2,1-2H3;3-10,13H,11H2,1-2H3;6H,2-5H2,1H3,(H2,8,10);5H,1-3H3/t;;16-;13-;;/m..11../s1. The van der Waals surface area contributed by atoms with Crippen molar-refractivity contribution in [1.82, 2.24) is 44.1 Å². The highest BCUT2D eigenvalue weighted by atomic mass is 32.2. The number of rotatable bonds is 19. The van der Waals surface area contributed by atoms with Crippen LogP contribution < -0.4 is 25.8 Å². The summed E-state index contributed by atoms with van der Waals surface area (Å²) in [6.45, 7) is 23.4. The second kappa shape index (κ2) is 44.0. The van der Waals surface area contributed by atoms with Crippen LogP contribution in [0.15, 0.2) is 259 Å². The first kappa shape index (κ1) is 87.2. The number of nitrogens with two attached hydrogens (primary N) is 1. The molecule has 23 heteroatoms. The molecule has 0 spiro atoms. The number of amides is 7. The van der Waals surface area contributed by atoms with Crippen molar-refractivity contribution in [1.29, 1.82) is 0 Å². The number of likely N-dealkylation sites (N-methyl/N-ethyl adjacent to an activating group) is 1. The van der Waals surface area contributed by atoms with Crippen molar-refractivity contribution >= 4 is 55.4 Å². The number of likely N-dealkylation sites (tertiary alicyclic amines) is 1. The molecule has 7 amide bonds. The van der Waals surface area contributed by atoms with E-state index in [9.17, 15) is 36.0 Å². The lowest BCUT2D eigenvalue weighted by Gasteiger charge is -2.32. The summed E-state index contributed by atoms with van der Waals surface area (Å²) in [5.74, 6) is 2.18. The Bertz CT molecular complexity index is 4650. The Kier molecular flexibility index (Phi) is 34.6. The summed E-state index contributed by atoms with van der Waals surface area (Å²) in [7, 11) is -5.70. The predicted molar refractivity (Wildman–Crippen MR) is 442 cm³/mol. The molecule has 10 aromatic rings. The SMILES string of the molecule is CC(C)(C)O.CC(Cc1ccncc1)c1ccc(NC(=O)NS(=O)(=O)c2ccccc2)cc1.CC1CCN(C(N)=O)CC1.C[C@H](Cc1ccncc1)c1ccc(C(=O)N2CCN(C)CC2)cc1.Cc1ccc(CCc2ccc(NC(=O)NS(=O)(=O)c3ccccc3)cc2)nc1.Cc1ccc([C@H](C)Cc2ccncc2)cc1. The second-order valence-corrected chi connectivity index (χ2v) is 32.4. The molecular formula is C88H108N12O9S2. The van der Waals surface area contributed by atoms with Gasteiger partial charge in [-0.15, -0.1) is 0 Å². The summed E-state index contributed by atoms with van der Waals surface area (Å²) in [4.78, 5) is 69.7. The molecule has 0 radical (unpaired) electrons. The number of carbonyl (C=O) groups excluding carboxylic acids is 4. The van der Waals surface area contributed by atoms with Crippen molar-refractivity contribution in [3.63, 3.8) is 0 Å². The van der Waals surface area contributed by atoms with Crippen LogP contribution in [0.25, 0.3) is 0 Å². The maximum absolute atomic E-state index is 12.6. The number of hydrogen-bond donors (Lipinski definition) is 6. The maximum Gasteiger partial charge on any atom is 0.333 e. The number of hydrogen-bond acceptors (Lipinski definition) is 14. The number of aromatic nitrogens is 4. The minimum Gasteiger partial charge on any atom is -0.391 e. The number of pyridine rings is 4. The highest BCUT2D eigenvalue weighted by Gasteiger charge is 2.23. The predicted octanol–water partition coefficient (Wildman–Crippen LogP) is 15.7. The fourth-order valence-electron chi connectivity index (χ4n) is 11.7. The molecule has 1 unspecified atom stereocenters. The molecule has 0 bridgehead atoms. The average molecular weight is 1540 g/mol. The van der Waals surface area contributed by atoms with Gasteiger partial charge in [-0.3, -0.25) is 24.7 Å². The van der Waals surface area contributed by atoms with E-state index in [1.807, 2.05) is 113 Å². The first-order chi connectivity index (χ1) is 52.9. The van der Waals surface area contributed by atoms with Crippen LogP contribution in [0.4, 0.5) is 25.8 Å². The minimum atomic E-state index is -3.90. The third-order valence-electron chi connectivity index (χ3n) is 18.3. The lowest BCUT2D eigenvalue weighted by atomic mass is 9.93. The van der Waals surface area contributed by atoms with Crippen LogP contribution in [0.3, 0.4) is 0 Å². The van der Waals surface area contributed by atoms with E-state index in [4.69, 9.17) is 10.8 Å². The molecular weight excluding hydrogens is 1430 g/mol. The molecule has 12 rings (SSSR count). The summed E-state index contributed by atoms with van der Waals surface area (Å²) in [5, 5.41) is 13.6. The van der Waals surface area contributed by atoms with Crippen molar-refractivity contribution < 1.29 is 41.1 Å². The van der Waals surface area contributed by atoms with Gasteiger partial charge in [0.1, 0.15) is 0 Å². The van der Waals surface area contributed by atoms with Gasteiger partial charge in [0.05, 0.1) is 15.4 Å². The summed E-state index contributed by atoms with van der Waals surface area (Å²) in [6.07, 6.45) is 19.6. The maximum atomic E-state index is 12.6. The van der Waals surface area contributed by atoms with E-state index in [1.54, 1.807) is 98.7 Å². The zero-order valence-electron chi connectivity index (χ0n) is 65.4. The number of aryl methyl sites for hydroxylation is 4. The summed E-state index contributed by atoms with van der Waals surface area (Å²) < 4.78 is 52.7.